The number of carbonyl (C=O) groups excluding carboxylic acids is 1. The zero-order chi connectivity index (χ0) is 20.2. The van der Waals surface area contributed by atoms with Gasteiger partial charge in [0.1, 0.15) is 0 Å². The van der Waals surface area contributed by atoms with Gasteiger partial charge in [0.25, 0.3) is 5.91 Å². The van der Waals surface area contributed by atoms with Gasteiger partial charge in [0, 0.05) is 38.7 Å². The molecule has 1 aliphatic rings. The van der Waals surface area contributed by atoms with E-state index in [1.165, 1.54) is 17.0 Å². The van der Waals surface area contributed by atoms with Gasteiger partial charge in [-0.15, -0.1) is 11.3 Å². The first-order valence-electron chi connectivity index (χ1n) is 7.77. The lowest BCUT2D eigenvalue weighted by Crippen LogP contribution is -2.39. The molecule has 148 valence electrons. The van der Waals surface area contributed by atoms with Crippen LogP contribution >= 0.6 is 11.3 Å². The minimum Gasteiger partial charge on any atom is -0.475 e. The summed E-state index contributed by atoms with van der Waals surface area (Å²) in [7, 11) is 3.63. The van der Waals surface area contributed by atoms with Crippen molar-refractivity contribution in [2.45, 2.75) is 18.6 Å². The highest BCUT2D eigenvalue weighted by Crippen LogP contribution is 2.29. The van der Waals surface area contributed by atoms with Crippen LogP contribution in [0.5, 0.6) is 0 Å². The van der Waals surface area contributed by atoms with Gasteiger partial charge in [-0.25, -0.2) is 4.79 Å². The lowest BCUT2D eigenvalue weighted by molar-refractivity contribution is -0.192. The maximum absolute atomic E-state index is 12.5. The molecule has 0 aliphatic carbocycles. The normalized spacial score (nSPS) is 16.3. The quantitative estimate of drug-likeness (QED) is 0.848. The summed E-state index contributed by atoms with van der Waals surface area (Å²) in [5.41, 5.74) is 2.30. The fraction of sp³-hybridized carbons (Fsp3) is 0.438. The number of thiophene rings is 1. The summed E-state index contributed by atoms with van der Waals surface area (Å²) in [5, 5.41) is 13.4. The van der Waals surface area contributed by atoms with E-state index in [9.17, 15) is 18.0 Å². The fourth-order valence-corrected chi connectivity index (χ4v) is 3.50. The van der Waals surface area contributed by atoms with Crippen LogP contribution in [0.1, 0.15) is 26.8 Å². The molecule has 3 heterocycles. The average Bonchev–Trinajstić information content (AvgIpc) is 3.24. The van der Waals surface area contributed by atoms with Crippen LogP contribution in [-0.4, -0.2) is 58.1 Å². The van der Waals surface area contributed by atoms with Gasteiger partial charge >= 0.3 is 12.1 Å². The molecule has 1 unspecified atom stereocenters. The number of alkyl halides is 3. The number of carboxylic acid groups (broad SMARTS) is 1. The van der Waals surface area contributed by atoms with Crippen LogP contribution in [0.3, 0.4) is 0 Å². The number of halogens is 3. The molecule has 1 amide bonds. The zero-order valence-electron chi connectivity index (χ0n) is 14.6. The maximum atomic E-state index is 12.5. The van der Waals surface area contributed by atoms with Gasteiger partial charge in [0.2, 0.25) is 0 Å². The molecule has 3 rings (SSSR count). The molecular formula is C16H18F3N3O4S. The number of hydrogen-bond acceptors (Lipinski definition) is 5. The van der Waals surface area contributed by atoms with E-state index in [-0.39, 0.29) is 11.8 Å². The lowest BCUT2D eigenvalue weighted by atomic mass is 9.97. The van der Waals surface area contributed by atoms with E-state index in [1.807, 2.05) is 40.3 Å². The minimum atomic E-state index is -5.08. The number of nitrogens with zero attached hydrogens (tertiary/aromatic N) is 3. The van der Waals surface area contributed by atoms with Crippen LogP contribution in [0.25, 0.3) is 0 Å². The Kier molecular flexibility index (Phi) is 6.60. The van der Waals surface area contributed by atoms with Crippen LogP contribution in [0.15, 0.2) is 23.7 Å². The number of ether oxygens (including phenoxy) is 1. The monoisotopic (exact) mass is 405 g/mol. The summed E-state index contributed by atoms with van der Waals surface area (Å²) in [6.45, 7) is 1.90. The summed E-state index contributed by atoms with van der Waals surface area (Å²) in [6.07, 6.45) is -3.23. The molecule has 0 aromatic carbocycles. The van der Waals surface area contributed by atoms with Crippen molar-refractivity contribution in [3.05, 3.63) is 39.8 Å². The zero-order valence-corrected chi connectivity index (χ0v) is 15.4. The van der Waals surface area contributed by atoms with Crippen LogP contribution in [0.2, 0.25) is 0 Å². The number of aryl methyl sites for hydroxylation is 1. The topological polar surface area (TPSA) is 84.7 Å². The van der Waals surface area contributed by atoms with E-state index in [2.05, 4.69) is 5.10 Å². The van der Waals surface area contributed by atoms with Gasteiger partial charge in [-0.05, 0) is 11.4 Å². The van der Waals surface area contributed by atoms with Crippen molar-refractivity contribution in [2.75, 3.05) is 20.3 Å². The van der Waals surface area contributed by atoms with E-state index in [1.54, 1.807) is 7.11 Å². The van der Waals surface area contributed by atoms with Crippen molar-refractivity contribution in [3.8, 4) is 0 Å². The van der Waals surface area contributed by atoms with Crippen molar-refractivity contribution in [1.29, 1.82) is 0 Å². The van der Waals surface area contributed by atoms with Gasteiger partial charge in [0.05, 0.1) is 23.4 Å². The number of carboxylic acids is 1. The third-order valence-electron chi connectivity index (χ3n) is 3.88. The molecule has 11 heteroatoms. The molecule has 0 saturated carbocycles. The Bertz CT molecular complexity index is 789. The van der Waals surface area contributed by atoms with Gasteiger partial charge in [-0.1, -0.05) is 6.07 Å². The molecular weight excluding hydrogens is 387 g/mol. The second-order valence-corrected chi connectivity index (χ2v) is 6.74. The first-order valence-corrected chi connectivity index (χ1v) is 8.65. The van der Waals surface area contributed by atoms with Crippen molar-refractivity contribution in [2.24, 2.45) is 7.05 Å². The highest BCUT2D eigenvalue weighted by Gasteiger charge is 2.38. The smallest absolute Gasteiger partial charge is 0.475 e. The number of fused-ring (bicyclic) bond motifs is 1. The van der Waals surface area contributed by atoms with E-state index in [0.29, 0.717) is 19.7 Å². The fourth-order valence-electron chi connectivity index (χ4n) is 2.81. The number of amides is 1. The van der Waals surface area contributed by atoms with Gasteiger partial charge in [-0.2, -0.15) is 18.3 Å². The summed E-state index contributed by atoms with van der Waals surface area (Å²) < 4.78 is 38.9. The molecule has 0 bridgehead atoms. The number of hydrogen-bond donors (Lipinski definition) is 1. The largest absolute Gasteiger partial charge is 0.490 e. The average molecular weight is 405 g/mol. The highest BCUT2D eigenvalue weighted by molar-refractivity contribution is 7.12. The lowest BCUT2D eigenvalue weighted by Gasteiger charge is -2.32. The molecule has 0 fully saturated rings. The first kappa shape index (κ1) is 20.9. The molecule has 0 radical (unpaired) electrons. The molecule has 1 atom stereocenters. The Hall–Kier alpha value is -2.40. The Morgan fingerprint density at radius 2 is 2.11 bits per heavy atom. The van der Waals surface area contributed by atoms with E-state index in [4.69, 9.17) is 14.6 Å². The summed E-state index contributed by atoms with van der Waals surface area (Å²) in [5.74, 6) is -2.48. The van der Waals surface area contributed by atoms with Gasteiger partial charge in [-0.3, -0.25) is 9.48 Å². The predicted molar refractivity (Wildman–Crippen MR) is 90.6 cm³/mol. The Labute approximate surface area is 157 Å². The second-order valence-electron chi connectivity index (χ2n) is 5.80. The SMILES string of the molecule is COCC1CN(C(=O)c2cccs2)Cc2cnn(C)c21.O=C(O)C(F)(F)F. The van der Waals surface area contributed by atoms with Gasteiger partial charge in [0.15, 0.2) is 0 Å². The third-order valence-corrected chi connectivity index (χ3v) is 4.74. The Balaban J connectivity index is 0.000000321. The van der Waals surface area contributed by atoms with E-state index >= 15 is 0 Å². The van der Waals surface area contributed by atoms with Crippen molar-refractivity contribution < 1.29 is 32.6 Å². The molecule has 1 aliphatic heterocycles. The second kappa shape index (κ2) is 8.53. The van der Waals surface area contributed by atoms with E-state index < -0.39 is 12.1 Å². The van der Waals surface area contributed by atoms with Crippen molar-refractivity contribution in [1.82, 2.24) is 14.7 Å². The van der Waals surface area contributed by atoms with Crippen LogP contribution < -0.4 is 0 Å². The van der Waals surface area contributed by atoms with E-state index in [0.717, 1.165) is 10.4 Å². The predicted octanol–water partition coefficient (Wildman–Crippen LogP) is 2.50. The summed E-state index contributed by atoms with van der Waals surface area (Å²) >= 11 is 1.48. The number of aromatic nitrogens is 2. The summed E-state index contributed by atoms with van der Waals surface area (Å²) in [6, 6.07) is 3.78. The van der Waals surface area contributed by atoms with Crippen LogP contribution in [-0.2, 0) is 23.1 Å². The number of aliphatic carboxylic acids is 1. The number of carbonyl (C=O) groups is 2. The third kappa shape index (κ3) is 5.07. The van der Waals surface area contributed by atoms with Gasteiger partial charge < -0.3 is 14.7 Å². The molecule has 0 spiro atoms. The molecule has 0 saturated heterocycles. The molecule has 2 aromatic rings. The van der Waals surface area contributed by atoms with Crippen molar-refractivity contribution >= 4 is 23.2 Å². The van der Waals surface area contributed by atoms with Crippen LogP contribution in [0.4, 0.5) is 13.2 Å². The Morgan fingerprint density at radius 3 is 2.63 bits per heavy atom. The molecule has 1 N–H and O–H groups in total. The summed E-state index contributed by atoms with van der Waals surface area (Å²) in [4.78, 5) is 24.1. The maximum Gasteiger partial charge on any atom is 0.490 e. The molecule has 2 aromatic heterocycles. The standard InChI is InChI=1S/C14H17N3O2S.C2HF3O2/c1-16-13-10(6-15-16)7-17(8-11(13)9-19-2)14(18)12-4-3-5-20-12;3-2(4,5)1(6)7/h3-6,11H,7-9H2,1-2H3;(H,6,7). The molecule has 7 nitrogen and oxygen atoms in total. The Morgan fingerprint density at radius 1 is 1.44 bits per heavy atom. The molecule has 27 heavy (non-hydrogen) atoms. The number of methoxy groups -OCH3 is 1. The minimum absolute atomic E-state index is 0.0932. The highest BCUT2D eigenvalue weighted by atomic mass is 32.1. The first-order chi connectivity index (χ1) is 12.6. The van der Waals surface area contributed by atoms with Crippen LogP contribution in [0, 0.1) is 0 Å². The van der Waals surface area contributed by atoms with Crippen molar-refractivity contribution in [3.63, 3.8) is 0 Å². The number of rotatable bonds is 3.